The van der Waals surface area contributed by atoms with Gasteiger partial charge in [-0.2, -0.15) is 0 Å². The zero-order chi connectivity index (χ0) is 18.7. The van der Waals surface area contributed by atoms with E-state index in [0.29, 0.717) is 23.2 Å². The highest BCUT2D eigenvalue weighted by Gasteiger charge is 2.27. The molecule has 0 amide bonds. The summed E-state index contributed by atoms with van der Waals surface area (Å²) < 4.78 is 30.9. The van der Waals surface area contributed by atoms with Crippen molar-refractivity contribution in [3.05, 3.63) is 34.9 Å². The summed E-state index contributed by atoms with van der Waals surface area (Å²) in [6, 6.07) is 3.96. The van der Waals surface area contributed by atoms with Crippen LogP contribution in [0.1, 0.15) is 65.2 Å². The topological polar surface area (TPSA) is 26.3 Å². The van der Waals surface area contributed by atoms with Crippen molar-refractivity contribution in [3.8, 4) is 5.75 Å². The van der Waals surface area contributed by atoms with Crippen molar-refractivity contribution in [2.24, 2.45) is 0 Å². The normalized spacial score (nSPS) is 13.3. The molecule has 134 valence electrons. The van der Waals surface area contributed by atoms with Crippen LogP contribution in [-0.2, 0) is 15.6 Å². The Morgan fingerprint density at radius 2 is 1.71 bits per heavy atom. The van der Waals surface area contributed by atoms with Crippen molar-refractivity contribution in [1.82, 2.24) is 0 Å². The van der Waals surface area contributed by atoms with Gasteiger partial charge >= 0.3 is 0 Å². The molecule has 0 spiro atoms. The second kappa shape index (κ2) is 7.45. The average Bonchev–Trinajstić information content (AvgIpc) is 2.42. The van der Waals surface area contributed by atoms with Crippen LogP contribution in [0.3, 0.4) is 0 Å². The van der Waals surface area contributed by atoms with Crippen LogP contribution in [0, 0.1) is 0 Å². The quantitative estimate of drug-likeness (QED) is 0.521. The first-order chi connectivity index (χ1) is 10.9. The third-order valence-corrected chi connectivity index (χ3v) is 3.86. The summed E-state index contributed by atoms with van der Waals surface area (Å²) in [7, 11) is 0. The van der Waals surface area contributed by atoms with E-state index in [2.05, 4.69) is 20.8 Å². The molecule has 24 heavy (non-hydrogen) atoms. The van der Waals surface area contributed by atoms with Crippen molar-refractivity contribution in [3.63, 3.8) is 0 Å². The molecule has 0 heterocycles. The zero-order valence-corrected chi connectivity index (χ0v) is 15.7. The first kappa shape index (κ1) is 20.3. The van der Waals surface area contributed by atoms with Gasteiger partial charge in [0.2, 0.25) is 0 Å². The lowest BCUT2D eigenvalue weighted by Crippen LogP contribution is -2.20. The Labute approximate surface area is 143 Å². The lowest BCUT2D eigenvalue weighted by atomic mass is 9.78. The minimum atomic E-state index is -2.55. The fourth-order valence-corrected chi connectivity index (χ4v) is 2.41. The summed E-state index contributed by atoms with van der Waals surface area (Å²) in [6.07, 6.45) is -0.417. The number of alkyl halides is 2. The van der Waals surface area contributed by atoms with E-state index >= 15 is 0 Å². The molecule has 0 N–H and O–H groups in total. The highest BCUT2D eigenvalue weighted by atomic mass is 19.3. The van der Waals surface area contributed by atoms with Crippen LogP contribution < -0.4 is 4.74 Å². The Hall–Kier alpha value is -1.71. The molecule has 0 bridgehead atoms. The molecule has 0 fully saturated rings. The summed E-state index contributed by atoms with van der Waals surface area (Å²) in [5.41, 5.74) is 2.94. The van der Waals surface area contributed by atoms with Gasteiger partial charge in [0.1, 0.15) is 18.6 Å². The fraction of sp³-hybridized carbons (Fsp3) is 0.550. The summed E-state index contributed by atoms with van der Waals surface area (Å²) in [5, 5.41) is 0. The van der Waals surface area contributed by atoms with E-state index in [9.17, 15) is 13.6 Å². The van der Waals surface area contributed by atoms with Gasteiger partial charge < -0.3 is 4.74 Å². The molecule has 0 saturated carbocycles. The van der Waals surface area contributed by atoms with Crippen molar-refractivity contribution in [2.75, 3.05) is 6.61 Å². The number of benzene rings is 1. The molecule has 1 rings (SSSR count). The lowest BCUT2D eigenvalue weighted by Gasteiger charge is -2.29. The molecule has 0 radical (unpaired) electrons. The van der Waals surface area contributed by atoms with Gasteiger partial charge in [-0.15, -0.1) is 0 Å². The molecule has 0 unspecified atom stereocenters. The van der Waals surface area contributed by atoms with E-state index in [0.717, 1.165) is 11.1 Å². The van der Waals surface area contributed by atoms with Crippen molar-refractivity contribution in [1.29, 1.82) is 0 Å². The van der Waals surface area contributed by atoms with Crippen LogP contribution in [0.4, 0.5) is 8.78 Å². The maximum Gasteiger partial charge on any atom is 0.272 e. The molecule has 1 aromatic carbocycles. The van der Waals surface area contributed by atoms with E-state index < -0.39 is 13.0 Å². The molecular weight excluding hydrogens is 310 g/mol. The Kier molecular flexibility index (Phi) is 6.32. The number of carbonyl (C=O) groups excluding carboxylic acids is 1. The maximum atomic E-state index is 12.7. The SMILES string of the molecule is CC(=CC=O)c1cc(C(C)(C)C)cc(C(C)(C)C)c1OCC(F)F. The Morgan fingerprint density at radius 3 is 2.12 bits per heavy atom. The van der Waals surface area contributed by atoms with Crippen molar-refractivity contribution >= 4 is 11.9 Å². The number of rotatable bonds is 5. The Balaban J connectivity index is 3.72. The summed E-state index contributed by atoms with van der Waals surface area (Å²) in [4.78, 5) is 10.9. The van der Waals surface area contributed by atoms with E-state index in [1.165, 1.54) is 6.08 Å². The number of allylic oxidation sites excluding steroid dienone is 2. The van der Waals surface area contributed by atoms with Crippen LogP contribution in [0.15, 0.2) is 18.2 Å². The predicted molar refractivity (Wildman–Crippen MR) is 95.1 cm³/mol. The Morgan fingerprint density at radius 1 is 1.12 bits per heavy atom. The van der Waals surface area contributed by atoms with Gasteiger partial charge in [0, 0.05) is 11.1 Å². The minimum absolute atomic E-state index is 0.114. The highest BCUT2D eigenvalue weighted by Crippen LogP contribution is 2.41. The zero-order valence-electron chi connectivity index (χ0n) is 15.7. The van der Waals surface area contributed by atoms with Crippen LogP contribution in [0.25, 0.3) is 5.57 Å². The predicted octanol–water partition coefficient (Wildman–Crippen LogP) is 5.53. The lowest BCUT2D eigenvalue weighted by molar-refractivity contribution is -0.104. The first-order valence-electron chi connectivity index (χ1n) is 8.10. The van der Waals surface area contributed by atoms with Crippen LogP contribution in [0.5, 0.6) is 5.75 Å². The van der Waals surface area contributed by atoms with Gasteiger partial charge in [-0.25, -0.2) is 8.78 Å². The van der Waals surface area contributed by atoms with Crippen LogP contribution in [0.2, 0.25) is 0 Å². The number of hydrogen-bond donors (Lipinski definition) is 0. The van der Waals surface area contributed by atoms with Gasteiger partial charge in [-0.3, -0.25) is 4.79 Å². The van der Waals surface area contributed by atoms with Crippen LogP contribution in [-0.4, -0.2) is 19.3 Å². The molecule has 4 heteroatoms. The molecular formula is C20H28F2O2. The third kappa shape index (κ3) is 5.15. The van der Waals surface area contributed by atoms with E-state index in [1.807, 2.05) is 32.9 Å². The number of hydrogen-bond acceptors (Lipinski definition) is 2. The molecule has 0 aliphatic heterocycles. The first-order valence-corrected chi connectivity index (χ1v) is 8.10. The molecule has 2 nitrogen and oxygen atoms in total. The van der Waals surface area contributed by atoms with Gasteiger partial charge in [0.05, 0.1) is 0 Å². The number of carbonyl (C=O) groups is 1. The van der Waals surface area contributed by atoms with Crippen molar-refractivity contribution in [2.45, 2.75) is 65.7 Å². The molecule has 0 aliphatic rings. The Bertz CT molecular complexity index is 618. The van der Waals surface area contributed by atoms with Gasteiger partial charge in [0.25, 0.3) is 6.43 Å². The largest absolute Gasteiger partial charge is 0.487 e. The van der Waals surface area contributed by atoms with Crippen LogP contribution >= 0.6 is 0 Å². The average molecular weight is 338 g/mol. The summed E-state index contributed by atoms with van der Waals surface area (Å²) in [5.74, 6) is 0.436. The number of ether oxygens (including phenoxy) is 1. The molecule has 1 aromatic rings. The van der Waals surface area contributed by atoms with Gasteiger partial charge in [-0.1, -0.05) is 47.6 Å². The second-order valence-electron chi connectivity index (χ2n) is 8.09. The van der Waals surface area contributed by atoms with E-state index in [4.69, 9.17) is 4.74 Å². The maximum absolute atomic E-state index is 12.7. The van der Waals surface area contributed by atoms with Gasteiger partial charge in [-0.05, 0) is 41.0 Å². The fourth-order valence-electron chi connectivity index (χ4n) is 2.41. The molecule has 0 aliphatic carbocycles. The second-order valence-corrected chi connectivity index (χ2v) is 8.09. The van der Waals surface area contributed by atoms with E-state index in [1.54, 1.807) is 6.92 Å². The highest BCUT2D eigenvalue weighted by molar-refractivity contribution is 5.83. The molecule has 0 atom stereocenters. The minimum Gasteiger partial charge on any atom is -0.487 e. The number of halogens is 2. The van der Waals surface area contributed by atoms with Gasteiger partial charge in [0.15, 0.2) is 0 Å². The van der Waals surface area contributed by atoms with Crippen molar-refractivity contribution < 1.29 is 18.3 Å². The summed E-state index contributed by atoms with van der Waals surface area (Å²) in [6.45, 7) is 13.5. The number of aldehydes is 1. The molecule has 0 aromatic heterocycles. The monoisotopic (exact) mass is 338 g/mol. The standard InChI is InChI=1S/C20H28F2O2/c1-13(8-9-23)15-10-14(19(2,3)4)11-16(20(5,6)7)18(15)24-12-17(21)22/h8-11,17H,12H2,1-7H3. The third-order valence-electron chi connectivity index (χ3n) is 3.86. The smallest absolute Gasteiger partial charge is 0.272 e. The summed E-state index contributed by atoms with van der Waals surface area (Å²) >= 11 is 0. The molecule has 0 saturated heterocycles. The van der Waals surface area contributed by atoms with E-state index in [-0.39, 0.29) is 10.8 Å².